The molecule has 0 bridgehead atoms. The van der Waals surface area contributed by atoms with Crippen molar-refractivity contribution in [2.45, 2.75) is 65.3 Å². The smallest absolute Gasteiger partial charge is 0.146 e. The van der Waals surface area contributed by atoms with Gasteiger partial charge in [-0.2, -0.15) is 0 Å². The molecule has 0 aromatic rings. The molecular weight excluding hydrogens is 186 g/mol. The lowest BCUT2D eigenvalue weighted by atomic mass is 9.89. The summed E-state index contributed by atoms with van der Waals surface area (Å²) in [4.78, 5) is 11.6. The SMILES string of the molecule is CC(C)(C)CCC(=O)CNC1CCCC1. The van der Waals surface area contributed by atoms with Crippen LogP contribution in [0.4, 0.5) is 0 Å². The Bertz CT molecular complexity index is 199. The lowest BCUT2D eigenvalue weighted by Crippen LogP contribution is -2.31. The van der Waals surface area contributed by atoms with E-state index in [1.54, 1.807) is 0 Å². The van der Waals surface area contributed by atoms with E-state index in [-0.39, 0.29) is 5.41 Å². The molecule has 88 valence electrons. The van der Waals surface area contributed by atoms with E-state index in [4.69, 9.17) is 0 Å². The zero-order chi connectivity index (χ0) is 11.3. The predicted octanol–water partition coefficient (Wildman–Crippen LogP) is 2.91. The van der Waals surface area contributed by atoms with Crippen molar-refractivity contribution in [3.63, 3.8) is 0 Å². The topological polar surface area (TPSA) is 29.1 Å². The molecule has 1 N–H and O–H groups in total. The summed E-state index contributed by atoms with van der Waals surface area (Å²) < 4.78 is 0. The van der Waals surface area contributed by atoms with E-state index in [0.717, 1.165) is 12.8 Å². The predicted molar refractivity (Wildman–Crippen MR) is 64.0 cm³/mol. The van der Waals surface area contributed by atoms with E-state index in [0.29, 0.717) is 18.4 Å². The maximum Gasteiger partial charge on any atom is 0.146 e. The zero-order valence-electron chi connectivity index (χ0n) is 10.4. The third-order valence-electron chi connectivity index (χ3n) is 3.10. The fourth-order valence-electron chi connectivity index (χ4n) is 1.99. The molecule has 0 spiro atoms. The van der Waals surface area contributed by atoms with Gasteiger partial charge in [-0.3, -0.25) is 4.79 Å². The first kappa shape index (κ1) is 12.7. The number of hydrogen-bond acceptors (Lipinski definition) is 2. The molecule has 0 aromatic carbocycles. The van der Waals surface area contributed by atoms with Crippen molar-refractivity contribution in [1.82, 2.24) is 5.32 Å². The van der Waals surface area contributed by atoms with Crippen LogP contribution in [-0.2, 0) is 4.79 Å². The molecular formula is C13H25NO. The minimum Gasteiger partial charge on any atom is -0.307 e. The van der Waals surface area contributed by atoms with E-state index in [1.807, 2.05) is 0 Å². The molecule has 1 aliphatic rings. The molecule has 0 aromatic heterocycles. The molecule has 0 aliphatic heterocycles. The third kappa shape index (κ3) is 5.93. The summed E-state index contributed by atoms with van der Waals surface area (Å²) >= 11 is 0. The van der Waals surface area contributed by atoms with Crippen molar-refractivity contribution in [1.29, 1.82) is 0 Å². The Labute approximate surface area is 93.8 Å². The zero-order valence-corrected chi connectivity index (χ0v) is 10.4. The fourth-order valence-corrected chi connectivity index (χ4v) is 1.99. The minimum atomic E-state index is 0.281. The van der Waals surface area contributed by atoms with E-state index in [2.05, 4.69) is 26.1 Å². The van der Waals surface area contributed by atoms with E-state index in [1.165, 1.54) is 25.7 Å². The quantitative estimate of drug-likeness (QED) is 0.757. The van der Waals surface area contributed by atoms with E-state index >= 15 is 0 Å². The average molecular weight is 211 g/mol. The standard InChI is InChI=1S/C13H25NO/c1-13(2,3)9-8-12(15)10-14-11-6-4-5-7-11/h11,14H,4-10H2,1-3H3. The van der Waals surface area contributed by atoms with Gasteiger partial charge >= 0.3 is 0 Å². The first-order valence-electron chi connectivity index (χ1n) is 6.22. The molecule has 1 fully saturated rings. The first-order chi connectivity index (χ1) is 6.97. The van der Waals surface area contributed by atoms with Crippen LogP contribution in [-0.4, -0.2) is 18.4 Å². The van der Waals surface area contributed by atoms with Crippen LogP contribution < -0.4 is 5.32 Å². The third-order valence-corrected chi connectivity index (χ3v) is 3.10. The molecule has 1 rings (SSSR count). The largest absolute Gasteiger partial charge is 0.307 e. The summed E-state index contributed by atoms with van der Waals surface area (Å²) in [5.41, 5.74) is 0.281. The van der Waals surface area contributed by atoms with Gasteiger partial charge in [-0.05, 0) is 24.7 Å². The van der Waals surface area contributed by atoms with Crippen LogP contribution in [0, 0.1) is 5.41 Å². The van der Waals surface area contributed by atoms with Crippen LogP contribution in [0.25, 0.3) is 0 Å². The Kier molecular flexibility index (Phi) is 4.78. The molecule has 0 unspecified atom stereocenters. The second kappa shape index (κ2) is 5.64. The van der Waals surface area contributed by atoms with Gasteiger partial charge in [-0.1, -0.05) is 33.6 Å². The van der Waals surface area contributed by atoms with Crippen LogP contribution in [0.2, 0.25) is 0 Å². The van der Waals surface area contributed by atoms with Crippen LogP contribution in [0.15, 0.2) is 0 Å². The van der Waals surface area contributed by atoms with Crippen LogP contribution in [0.3, 0.4) is 0 Å². The molecule has 2 heteroatoms. The maximum atomic E-state index is 11.6. The highest BCUT2D eigenvalue weighted by atomic mass is 16.1. The molecule has 0 saturated heterocycles. The monoisotopic (exact) mass is 211 g/mol. The Balaban J connectivity index is 2.08. The lowest BCUT2D eigenvalue weighted by molar-refractivity contribution is -0.118. The number of ketones is 1. The van der Waals surface area contributed by atoms with Gasteiger partial charge < -0.3 is 5.32 Å². The summed E-state index contributed by atoms with van der Waals surface area (Å²) in [5.74, 6) is 0.372. The number of carbonyl (C=O) groups excluding carboxylic acids is 1. The van der Waals surface area contributed by atoms with Gasteiger partial charge in [0, 0.05) is 12.5 Å². The number of Topliss-reactive ketones (excluding diaryl/α,β-unsaturated/α-hetero) is 1. The summed E-state index contributed by atoms with van der Waals surface area (Å²) in [6.45, 7) is 7.14. The molecule has 0 heterocycles. The van der Waals surface area contributed by atoms with Gasteiger partial charge in [0.05, 0.1) is 6.54 Å². The summed E-state index contributed by atoms with van der Waals surface area (Å²) in [6.07, 6.45) is 6.89. The Morgan fingerprint density at radius 2 is 1.87 bits per heavy atom. The highest BCUT2D eigenvalue weighted by Crippen LogP contribution is 2.21. The molecule has 1 aliphatic carbocycles. The molecule has 0 amide bonds. The first-order valence-corrected chi connectivity index (χ1v) is 6.22. The van der Waals surface area contributed by atoms with Crippen molar-refractivity contribution < 1.29 is 4.79 Å². The lowest BCUT2D eigenvalue weighted by Gasteiger charge is -2.17. The van der Waals surface area contributed by atoms with Crippen LogP contribution in [0.1, 0.15) is 59.3 Å². The molecule has 0 radical (unpaired) electrons. The maximum absolute atomic E-state index is 11.6. The fraction of sp³-hybridized carbons (Fsp3) is 0.923. The van der Waals surface area contributed by atoms with Crippen molar-refractivity contribution in [2.24, 2.45) is 5.41 Å². The molecule has 1 saturated carbocycles. The van der Waals surface area contributed by atoms with E-state index in [9.17, 15) is 4.79 Å². The van der Waals surface area contributed by atoms with E-state index < -0.39 is 0 Å². The second-order valence-corrected chi connectivity index (χ2v) is 5.96. The normalized spacial score (nSPS) is 18.3. The van der Waals surface area contributed by atoms with Gasteiger partial charge in [0.15, 0.2) is 0 Å². The molecule has 0 atom stereocenters. The number of carbonyl (C=O) groups is 1. The van der Waals surface area contributed by atoms with Gasteiger partial charge in [-0.15, -0.1) is 0 Å². The average Bonchev–Trinajstić information content (AvgIpc) is 2.62. The Morgan fingerprint density at radius 1 is 1.27 bits per heavy atom. The second-order valence-electron chi connectivity index (χ2n) is 5.96. The van der Waals surface area contributed by atoms with Gasteiger partial charge in [-0.25, -0.2) is 0 Å². The molecule has 2 nitrogen and oxygen atoms in total. The Morgan fingerprint density at radius 3 is 2.40 bits per heavy atom. The number of hydrogen-bond donors (Lipinski definition) is 1. The highest BCUT2D eigenvalue weighted by Gasteiger charge is 2.16. The molecule has 15 heavy (non-hydrogen) atoms. The minimum absolute atomic E-state index is 0.281. The van der Waals surface area contributed by atoms with Crippen molar-refractivity contribution in [3.05, 3.63) is 0 Å². The summed E-state index contributed by atoms with van der Waals surface area (Å²) in [7, 11) is 0. The summed E-state index contributed by atoms with van der Waals surface area (Å²) in [6, 6.07) is 0.614. The van der Waals surface area contributed by atoms with Gasteiger partial charge in [0.2, 0.25) is 0 Å². The summed E-state index contributed by atoms with van der Waals surface area (Å²) in [5, 5.41) is 3.37. The van der Waals surface area contributed by atoms with Crippen molar-refractivity contribution >= 4 is 5.78 Å². The van der Waals surface area contributed by atoms with Gasteiger partial charge in [0.1, 0.15) is 5.78 Å². The van der Waals surface area contributed by atoms with Crippen LogP contribution >= 0.6 is 0 Å². The highest BCUT2D eigenvalue weighted by molar-refractivity contribution is 5.80. The van der Waals surface area contributed by atoms with Gasteiger partial charge in [0.25, 0.3) is 0 Å². The van der Waals surface area contributed by atoms with Crippen molar-refractivity contribution in [3.8, 4) is 0 Å². The number of rotatable bonds is 5. The van der Waals surface area contributed by atoms with Crippen molar-refractivity contribution in [2.75, 3.05) is 6.54 Å². The van der Waals surface area contributed by atoms with Crippen LogP contribution in [0.5, 0.6) is 0 Å². The Hall–Kier alpha value is -0.370. The number of nitrogens with one attached hydrogen (secondary N) is 1.